The second kappa shape index (κ2) is 6.49. The quantitative estimate of drug-likeness (QED) is 0.784. The normalized spacial score (nSPS) is 21.2. The van der Waals surface area contributed by atoms with Gasteiger partial charge in [-0.25, -0.2) is 8.78 Å². The number of piperazine rings is 1. The summed E-state index contributed by atoms with van der Waals surface area (Å²) in [6.07, 6.45) is 5.17. The van der Waals surface area contributed by atoms with Gasteiger partial charge < -0.3 is 4.90 Å². The fourth-order valence-electron chi connectivity index (χ4n) is 3.58. The van der Waals surface area contributed by atoms with Crippen molar-refractivity contribution in [3.05, 3.63) is 29.3 Å². The molecular weight excluding hydrogens is 294 g/mol. The van der Waals surface area contributed by atoms with Crippen molar-refractivity contribution in [1.82, 2.24) is 4.90 Å². The summed E-state index contributed by atoms with van der Waals surface area (Å²) < 4.78 is 28.3. The van der Waals surface area contributed by atoms with Gasteiger partial charge in [0.2, 0.25) is 0 Å². The smallest absolute Gasteiger partial charge is 0.149 e. The Morgan fingerprint density at radius 2 is 1.57 bits per heavy atom. The van der Waals surface area contributed by atoms with E-state index in [1.807, 2.05) is 4.90 Å². The highest BCUT2D eigenvalue weighted by molar-refractivity contribution is 6.17. The molecule has 1 aliphatic carbocycles. The number of benzene rings is 1. The topological polar surface area (TPSA) is 6.48 Å². The standard InChI is InChI=1S/C16H21ClF2N2/c17-11-12-9-14(18)16(15(19)10-12)21-7-5-20(6-8-21)13-3-1-2-4-13/h9-10,13H,1-8,11H2. The zero-order valence-corrected chi connectivity index (χ0v) is 12.9. The number of nitrogens with zero attached hydrogens (tertiary/aromatic N) is 2. The van der Waals surface area contributed by atoms with E-state index >= 15 is 0 Å². The molecule has 1 saturated carbocycles. The van der Waals surface area contributed by atoms with Crippen LogP contribution in [-0.4, -0.2) is 37.1 Å². The molecule has 1 aromatic rings. The van der Waals surface area contributed by atoms with Crippen molar-refractivity contribution in [3.63, 3.8) is 0 Å². The summed E-state index contributed by atoms with van der Waals surface area (Å²) in [6, 6.07) is 3.37. The predicted octanol–water partition coefficient (Wildman–Crippen LogP) is 3.77. The molecule has 0 spiro atoms. The van der Waals surface area contributed by atoms with E-state index in [2.05, 4.69) is 4.90 Å². The second-order valence-electron chi connectivity index (χ2n) is 6.00. The van der Waals surface area contributed by atoms with Crippen LogP contribution < -0.4 is 4.90 Å². The average molecular weight is 315 g/mol. The van der Waals surface area contributed by atoms with E-state index in [1.165, 1.54) is 37.8 Å². The maximum Gasteiger partial charge on any atom is 0.149 e. The Bertz CT molecular complexity index is 472. The molecule has 2 fully saturated rings. The molecule has 2 aliphatic rings. The molecule has 0 unspecified atom stereocenters. The van der Waals surface area contributed by atoms with Crippen molar-refractivity contribution < 1.29 is 8.78 Å². The van der Waals surface area contributed by atoms with Crippen LogP contribution in [0, 0.1) is 11.6 Å². The van der Waals surface area contributed by atoms with E-state index in [9.17, 15) is 8.78 Å². The second-order valence-corrected chi connectivity index (χ2v) is 6.27. The molecule has 1 aliphatic heterocycles. The van der Waals surface area contributed by atoms with E-state index in [4.69, 9.17) is 11.6 Å². The van der Waals surface area contributed by atoms with Gasteiger partial charge in [-0.2, -0.15) is 0 Å². The molecule has 2 nitrogen and oxygen atoms in total. The molecule has 0 N–H and O–H groups in total. The first-order chi connectivity index (χ1) is 10.2. The van der Waals surface area contributed by atoms with E-state index in [0.29, 0.717) is 24.7 Å². The molecule has 3 rings (SSSR count). The van der Waals surface area contributed by atoms with E-state index in [-0.39, 0.29) is 11.6 Å². The van der Waals surface area contributed by atoms with Gasteiger partial charge >= 0.3 is 0 Å². The van der Waals surface area contributed by atoms with Crippen LogP contribution in [0.4, 0.5) is 14.5 Å². The highest BCUT2D eigenvalue weighted by Gasteiger charge is 2.28. The molecule has 0 bridgehead atoms. The molecule has 116 valence electrons. The summed E-state index contributed by atoms with van der Waals surface area (Å²) in [6.45, 7) is 3.15. The number of anilines is 1. The molecule has 0 radical (unpaired) electrons. The van der Waals surface area contributed by atoms with Gasteiger partial charge in [0.1, 0.15) is 17.3 Å². The Kier molecular flexibility index (Phi) is 4.65. The molecule has 1 saturated heterocycles. The Hall–Kier alpha value is -0.870. The van der Waals surface area contributed by atoms with Crippen LogP contribution in [0.5, 0.6) is 0 Å². The molecule has 0 amide bonds. The van der Waals surface area contributed by atoms with Crippen molar-refractivity contribution in [3.8, 4) is 0 Å². The van der Waals surface area contributed by atoms with Gasteiger partial charge in [0.05, 0.1) is 0 Å². The fourth-order valence-corrected chi connectivity index (χ4v) is 3.73. The number of rotatable bonds is 3. The number of halogens is 3. The third-order valence-corrected chi connectivity index (χ3v) is 5.01. The van der Waals surface area contributed by atoms with Gasteiger partial charge in [-0.15, -0.1) is 11.6 Å². The SMILES string of the molecule is Fc1cc(CCl)cc(F)c1N1CCN(C2CCCC2)CC1. The minimum Gasteiger partial charge on any atom is -0.364 e. The summed E-state index contributed by atoms with van der Waals surface area (Å²) in [5.74, 6) is -0.872. The van der Waals surface area contributed by atoms with Crippen molar-refractivity contribution in [2.24, 2.45) is 0 Å². The largest absolute Gasteiger partial charge is 0.364 e. The monoisotopic (exact) mass is 314 g/mol. The van der Waals surface area contributed by atoms with Crippen molar-refractivity contribution in [2.45, 2.75) is 37.6 Å². The lowest BCUT2D eigenvalue weighted by Gasteiger charge is -2.39. The summed E-state index contributed by atoms with van der Waals surface area (Å²) >= 11 is 5.65. The molecule has 21 heavy (non-hydrogen) atoms. The summed E-state index contributed by atoms with van der Waals surface area (Å²) in [5, 5.41) is 0. The molecule has 1 aromatic carbocycles. The summed E-state index contributed by atoms with van der Waals surface area (Å²) in [5.41, 5.74) is 0.593. The lowest BCUT2D eigenvalue weighted by Crippen LogP contribution is -2.50. The van der Waals surface area contributed by atoms with Crippen LogP contribution >= 0.6 is 11.6 Å². The Labute approximate surface area is 129 Å². The average Bonchev–Trinajstić information content (AvgIpc) is 3.01. The molecule has 0 atom stereocenters. The van der Waals surface area contributed by atoms with Crippen molar-refractivity contribution >= 4 is 17.3 Å². The summed E-state index contributed by atoms with van der Waals surface area (Å²) in [4.78, 5) is 4.31. The van der Waals surface area contributed by atoms with E-state index in [0.717, 1.165) is 13.1 Å². The van der Waals surface area contributed by atoms with Crippen LogP contribution in [0.2, 0.25) is 0 Å². The highest BCUT2D eigenvalue weighted by Crippen LogP contribution is 2.29. The van der Waals surface area contributed by atoms with Crippen LogP contribution in [0.25, 0.3) is 0 Å². The van der Waals surface area contributed by atoms with Gasteiger partial charge in [0.25, 0.3) is 0 Å². The third-order valence-electron chi connectivity index (χ3n) is 4.70. The van der Waals surface area contributed by atoms with Crippen LogP contribution in [0.3, 0.4) is 0 Å². The Balaban J connectivity index is 1.69. The summed E-state index contributed by atoms with van der Waals surface area (Å²) in [7, 11) is 0. The Morgan fingerprint density at radius 3 is 2.10 bits per heavy atom. The number of alkyl halides is 1. The fraction of sp³-hybridized carbons (Fsp3) is 0.625. The van der Waals surface area contributed by atoms with E-state index < -0.39 is 11.6 Å². The van der Waals surface area contributed by atoms with Gasteiger partial charge in [0, 0.05) is 38.1 Å². The first-order valence-electron chi connectivity index (χ1n) is 7.72. The number of hydrogen-bond donors (Lipinski definition) is 0. The zero-order chi connectivity index (χ0) is 14.8. The van der Waals surface area contributed by atoms with Gasteiger partial charge in [0.15, 0.2) is 0 Å². The Morgan fingerprint density at radius 1 is 1.00 bits per heavy atom. The van der Waals surface area contributed by atoms with Gasteiger partial charge in [-0.1, -0.05) is 12.8 Å². The highest BCUT2D eigenvalue weighted by atomic mass is 35.5. The van der Waals surface area contributed by atoms with Gasteiger partial charge in [-0.05, 0) is 30.5 Å². The van der Waals surface area contributed by atoms with Crippen LogP contribution in [-0.2, 0) is 5.88 Å². The number of hydrogen-bond acceptors (Lipinski definition) is 2. The lowest BCUT2D eigenvalue weighted by molar-refractivity contribution is 0.187. The molecule has 5 heteroatoms. The first kappa shape index (κ1) is 15.0. The predicted molar refractivity (Wildman–Crippen MR) is 82.0 cm³/mol. The minimum atomic E-state index is -0.500. The maximum absolute atomic E-state index is 14.1. The maximum atomic E-state index is 14.1. The van der Waals surface area contributed by atoms with Crippen LogP contribution in [0.15, 0.2) is 12.1 Å². The minimum absolute atomic E-state index is 0.106. The zero-order valence-electron chi connectivity index (χ0n) is 12.1. The van der Waals surface area contributed by atoms with Crippen molar-refractivity contribution in [1.29, 1.82) is 0 Å². The first-order valence-corrected chi connectivity index (χ1v) is 8.25. The molecular formula is C16H21ClF2N2. The molecule has 1 heterocycles. The van der Waals surface area contributed by atoms with E-state index in [1.54, 1.807) is 0 Å². The third kappa shape index (κ3) is 3.16. The van der Waals surface area contributed by atoms with Crippen molar-refractivity contribution in [2.75, 3.05) is 31.1 Å². The lowest BCUT2D eigenvalue weighted by atomic mass is 10.1. The molecule has 0 aromatic heterocycles. The van der Waals surface area contributed by atoms with Crippen LogP contribution in [0.1, 0.15) is 31.2 Å². The van der Waals surface area contributed by atoms with Gasteiger partial charge in [-0.3, -0.25) is 4.90 Å².